The average molecular weight is 402 g/mol. The third-order valence-electron chi connectivity index (χ3n) is 6.98. The minimum absolute atomic E-state index is 0.360. The number of nitrogens with zero attached hydrogens (tertiary/aromatic N) is 4. The Morgan fingerprint density at radius 3 is 2.57 bits per heavy atom. The summed E-state index contributed by atoms with van der Waals surface area (Å²) < 4.78 is 2.05. The first kappa shape index (κ1) is 19.3. The van der Waals surface area contributed by atoms with Crippen LogP contribution in [0.2, 0.25) is 0 Å². The molecule has 1 saturated carbocycles. The lowest BCUT2D eigenvalue weighted by Crippen LogP contribution is -2.13. The molecule has 0 aliphatic heterocycles. The van der Waals surface area contributed by atoms with Crippen LogP contribution in [-0.4, -0.2) is 24.5 Å². The van der Waals surface area contributed by atoms with E-state index in [-0.39, 0.29) is 0 Å². The van der Waals surface area contributed by atoms with Gasteiger partial charge in [0.25, 0.3) is 0 Å². The van der Waals surface area contributed by atoms with E-state index in [1.165, 1.54) is 43.4 Å². The van der Waals surface area contributed by atoms with Crippen LogP contribution in [0, 0.1) is 5.92 Å². The summed E-state index contributed by atoms with van der Waals surface area (Å²) in [7, 11) is 2.03. The Morgan fingerprint density at radius 2 is 1.83 bits per heavy atom. The van der Waals surface area contributed by atoms with Crippen molar-refractivity contribution in [3.05, 3.63) is 42.0 Å². The van der Waals surface area contributed by atoms with Gasteiger partial charge < -0.3 is 9.55 Å². The third-order valence-corrected chi connectivity index (χ3v) is 6.98. The van der Waals surface area contributed by atoms with E-state index in [1.807, 2.05) is 7.05 Å². The maximum atomic E-state index is 5.23. The monoisotopic (exact) mass is 401 g/mol. The molecule has 156 valence electrons. The molecule has 0 spiro atoms. The Hall–Kier alpha value is -2.69. The predicted molar refractivity (Wildman–Crippen MR) is 123 cm³/mol. The van der Waals surface area contributed by atoms with Crippen molar-refractivity contribution in [1.82, 2.24) is 24.5 Å². The molecule has 30 heavy (non-hydrogen) atoms. The Balaban J connectivity index is 1.62. The van der Waals surface area contributed by atoms with Gasteiger partial charge in [-0.25, -0.2) is 4.98 Å². The van der Waals surface area contributed by atoms with Crippen molar-refractivity contribution >= 4 is 22.2 Å². The number of nitrogens with one attached hydrogen (secondary N) is 1. The number of aromatic amines is 1. The zero-order valence-corrected chi connectivity index (χ0v) is 18.4. The molecule has 4 aromatic heterocycles. The van der Waals surface area contributed by atoms with Crippen LogP contribution in [0.5, 0.6) is 0 Å². The summed E-state index contributed by atoms with van der Waals surface area (Å²) in [6.07, 6.45) is 12.2. The third kappa shape index (κ3) is 3.11. The summed E-state index contributed by atoms with van der Waals surface area (Å²) in [4.78, 5) is 18.0. The van der Waals surface area contributed by atoms with Crippen molar-refractivity contribution in [3.8, 4) is 11.3 Å². The molecule has 0 aromatic carbocycles. The highest BCUT2D eigenvalue weighted by atomic mass is 15.0. The number of fused-ring (bicyclic) bond motifs is 2. The fourth-order valence-electron chi connectivity index (χ4n) is 5.25. The minimum atomic E-state index is 0.360. The first-order chi connectivity index (χ1) is 14.6. The molecule has 1 aliphatic rings. The molecule has 1 N–H and O–H groups in total. The second-order valence-corrected chi connectivity index (χ2v) is 9.21. The largest absolute Gasteiger partial charge is 0.353 e. The molecule has 1 aliphatic carbocycles. The van der Waals surface area contributed by atoms with Gasteiger partial charge in [-0.2, -0.15) is 0 Å². The van der Waals surface area contributed by atoms with Crippen molar-refractivity contribution in [2.45, 2.75) is 64.7 Å². The zero-order valence-electron chi connectivity index (χ0n) is 18.4. The molecule has 0 saturated heterocycles. The normalized spacial score (nSPS) is 19.9. The van der Waals surface area contributed by atoms with E-state index in [1.54, 1.807) is 12.4 Å². The van der Waals surface area contributed by atoms with Crippen LogP contribution in [0.15, 0.2) is 30.7 Å². The lowest BCUT2D eigenvalue weighted by atomic mass is 9.79. The fourth-order valence-corrected chi connectivity index (χ4v) is 5.25. The van der Waals surface area contributed by atoms with E-state index in [0.29, 0.717) is 11.8 Å². The number of hydrogen-bond acceptors (Lipinski definition) is 3. The number of H-pyrrole nitrogens is 1. The molecule has 1 fully saturated rings. The molecule has 0 atom stereocenters. The van der Waals surface area contributed by atoms with Crippen LogP contribution in [0.1, 0.15) is 76.0 Å². The second kappa shape index (κ2) is 7.53. The van der Waals surface area contributed by atoms with Crippen molar-refractivity contribution in [3.63, 3.8) is 0 Å². The van der Waals surface area contributed by atoms with Gasteiger partial charge in [0.1, 0.15) is 5.52 Å². The van der Waals surface area contributed by atoms with Gasteiger partial charge in [-0.1, -0.05) is 27.2 Å². The van der Waals surface area contributed by atoms with Gasteiger partial charge in [-0.05, 0) is 49.7 Å². The number of aromatic nitrogens is 5. The van der Waals surface area contributed by atoms with E-state index in [2.05, 4.69) is 58.6 Å². The molecule has 5 heteroatoms. The molecule has 0 radical (unpaired) electrons. The average Bonchev–Trinajstić information content (AvgIpc) is 3.31. The highest BCUT2D eigenvalue weighted by Crippen LogP contribution is 2.40. The molecule has 0 unspecified atom stereocenters. The minimum Gasteiger partial charge on any atom is -0.353 e. The number of aryl methyl sites for hydroxylation is 1. The van der Waals surface area contributed by atoms with Crippen LogP contribution in [0.4, 0.5) is 0 Å². The molecule has 5 nitrogen and oxygen atoms in total. The van der Waals surface area contributed by atoms with E-state index in [9.17, 15) is 0 Å². The van der Waals surface area contributed by atoms with E-state index < -0.39 is 0 Å². The predicted octanol–water partition coefficient (Wildman–Crippen LogP) is 6.32. The van der Waals surface area contributed by atoms with Crippen molar-refractivity contribution in [2.24, 2.45) is 13.0 Å². The quantitative estimate of drug-likeness (QED) is 0.435. The zero-order chi connectivity index (χ0) is 20.8. The van der Waals surface area contributed by atoms with Gasteiger partial charge in [0, 0.05) is 48.4 Å². The van der Waals surface area contributed by atoms with Gasteiger partial charge in [-0.3, -0.25) is 9.97 Å². The topological polar surface area (TPSA) is 59.4 Å². The van der Waals surface area contributed by atoms with Crippen molar-refractivity contribution in [1.29, 1.82) is 0 Å². The van der Waals surface area contributed by atoms with Gasteiger partial charge >= 0.3 is 0 Å². The summed E-state index contributed by atoms with van der Waals surface area (Å²) in [5, 5.41) is 0. The fraction of sp³-hybridized carbons (Fsp3) is 0.480. The first-order valence-electron chi connectivity index (χ1n) is 11.4. The molecule has 0 amide bonds. The van der Waals surface area contributed by atoms with Gasteiger partial charge in [0.2, 0.25) is 0 Å². The molecular formula is C25H31N5. The van der Waals surface area contributed by atoms with Crippen LogP contribution in [0.25, 0.3) is 33.5 Å². The molecule has 5 rings (SSSR count). The first-order valence-corrected chi connectivity index (χ1v) is 11.4. The smallest absolute Gasteiger partial charge is 0.159 e. The summed E-state index contributed by atoms with van der Waals surface area (Å²) in [5.41, 5.74) is 8.86. The van der Waals surface area contributed by atoms with E-state index in [4.69, 9.17) is 4.98 Å². The van der Waals surface area contributed by atoms with Crippen LogP contribution in [-0.2, 0) is 7.05 Å². The maximum Gasteiger partial charge on any atom is 0.159 e. The second-order valence-electron chi connectivity index (χ2n) is 9.21. The number of pyridine rings is 1. The van der Waals surface area contributed by atoms with E-state index in [0.717, 1.165) is 39.4 Å². The van der Waals surface area contributed by atoms with Gasteiger partial charge in [-0.15, -0.1) is 0 Å². The van der Waals surface area contributed by atoms with Crippen molar-refractivity contribution in [2.75, 3.05) is 0 Å². The van der Waals surface area contributed by atoms with Gasteiger partial charge in [0.15, 0.2) is 5.65 Å². The molecule has 0 bridgehead atoms. The van der Waals surface area contributed by atoms with Crippen LogP contribution < -0.4 is 0 Å². The van der Waals surface area contributed by atoms with E-state index >= 15 is 0 Å². The maximum absolute atomic E-state index is 5.23. The molecular weight excluding hydrogens is 370 g/mol. The lowest BCUT2D eigenvalue weighted by Gasteiger charge is -2.27. The summed E-state index contributed by atoms with van der Waals surface area (Å²) in [5.74, 6) is 1.86. The van der Waals surface area contributed by atoms with Crippen LogP contribution >= 0.6 is 0 Å². The summed E-state index contributed by atoms with van der Waals surface area (Å²) in [6.45, 7) is 6.83. The van der Waals surface area contributed by atoms with Crippen molar-refractivity contribution < 1.29 is 0 Å². The Kier molecular flexibility index (Phi) is 4.84. The number of hydrogen-bond donors (Lipinski definition) is 1. The highest BCUT2D eigenvalue weighted by Gasteiger charge is 2.25. The molecule has 4 heterocycles. The SMILES string of the molecule is CCC1CCC(c2ccc3[nH]c(-c4cn(C)c5nccnc45)c(C(C)C)c3n2)CC1. The standard InChI is InChI=1S/C25H31N5/c1-5-16-6-8-17(9-7-16)19-10-11-20-24(28-19)21(15(2)3)22(29-20)18-14-30(4)25-23(18)26-12-13-27-25/h10-17,29H,5-9H2,1-4H3. The summed E-state index contributed by atoms with van der Waals surface area (Å²) in [6, 6.07) is 4.47. The lowest BCUT2D eigenvalue weighted by molar-refractivity contribution is 0.316. The van der Waals surface area contributed by atoms with Gasteiger partial charge in [0.05, 0.1) is 16.7 Å². The summed E-state index contributed by atoms with van der Waals surface area (Å²) >= 11 is 0. The van der Waals surface area contributed by atoms with Crippen LogP contribution in [0.3, 0.4) is 0 Å². The Morgan fingerprint density at radius 1 is 1.07 bits per heavy atom. The highest BCUT2D eigenvalue weighted by molar-refractivity contribution is 5.96. The Bertz CT molecular complexity index is 1190. The molecule has 4 aromatic rings. The number of rotatable bonds is 4. The Labute approximate surface area is 178 Å².